The van der Waals surface area contributed by atoms with Crippen LogP contribution in [0.2, 0.25) is 0 Å². The summed E-state index contributed by atoms with van der Waals surface area (Å²) in [6.45, 7) is -0.756. The van der Waals surface area contributed by atoms with Gasteiger partial charge in [-0.1, -0.05) is 0 Å². The molecular formula is C9H13F3N2S. The molecule has 2 nitrogen and oxygen atoms in total. The number of alkyl halides is 3. The predicted octanol–water partition coefficient (Wildman–Crippen LogP) is 2.24. The molecule has 0 spiro atoms. The van der Waals surface area contributed by atoms with Crippen molar-refractivity contribution in [2.45, 2.75) is 12.2 Å². The first-order valence-corrected chi connectivity index (χ1v) is 5.37. The number of likely N-dealkylation sites (N-methyl/N-ethyl adjacent to an activating group) is 1. The molecule has 15 heavy (non-hydrogen) atoms. The fourth-order valence-electron chi connectivity index (χ4n) is 1.43. The van der Waals surface area contributed by atoms with Crippen molar-refractivity contribution in [2.75, 3.05) is 20.1 Å². The zero-order chi connectivity index (χ0) is 11.5. The molecular weight excluding hydrogens is 225 g/mol. The maximum absolute atomic E-state index is 12.2. The molecule has 0 amide bonds. The Morgan fingerprint density at radius 3 is 2.60 bits per heavy atom. The molecule has 1 rings (SSSR count). The van der Waals surface area contributed by atoms with E-state index in [4.69, 9.17) is 5.73 Å². The Bertz CT molecular complexity index is 284. The third-order valence-electron chi connectivity index (χ3n) is 2.11. The molecule has 6 heteroatoms. The first kappa shape index (κ1) is 12.5. The minimum Gasteiger partial charge on any atom is -0.329 e. The van der Waals surface area contributed by atoms with Crippen molar-refractivity contribution in [3.05, 3.63) is 22.4 Å². The van der Waals surface area contributed by atoms with Gasteiger partial charge in [0.2, 0.25) is 0 Å². The summed E-state index contributed by atoms with van der Waals surface area (Å²) in [7, 11) is 1.43. The van der Waals surface area contributed by atoms with Crippen molar-refractivity contribution in [1.82, 2.24) is 4.90 Å². The molecule has 0 aliphatic carbocycles. The lowest BCUT2D eigenvalue weighted by molar-refractivity contribution is -0.147. The van der Waals surface area contributed by atoms with Crippen LogP contribution in [0, 0.1) is 0 Å². The minimum atomic E-state index is -4.18. The Morgan fingerprint density at radius 2 is 2.20 bits per heavy atom. The van der Waals surface area contributed by atoms with Crippen LogP contribution < -0.4 is 5.73 Å². The van der Waals surface area contributed by atoms with Gasteiger partial charge in [0.1, 0.15) is 0 Å². The largest absolute Gasteiger partial charge is 0.401 e. The summed E-state index contributed by atoms with van der Waals surface area (Å²) in [5.41, 5.74) is 6.32. The van der Waals surface area contributed by atoms with Gasteiger partial charge in [-0.25, -0.2) is 0 Å². The summed E-state index contributed by atoms with van der Waals surface area (Å²) in [6, 6.07) is 1.44. The van der Waals surface area contributed by atoms with Crippen LogP contribution in [0.3, 0.4) is 0 Å². The van der Waals surface area contributed by atoms with Gasteiger partial charge in [0, 0.05) is 12.6 Å². The molecule has 1 aromatic rings. The summed E-state index contributed by atoms with van der Waals surface area (Å²) in [5.74, 6) is 0. The number of hydrogen-bond acceptors (Lipinski definition) is 3. The second-order valence-electron chi connectivity index (χ2n) is 3.34. The number of rotatable bonds is 4. The highest BCUT2D eigenvalue weighted by molar-refractivity contribution is 7.07. The fraction of sp³-hybridized carbons (Fsp3) is 0.556. The zero-order valence-corrected chi connectivity index (χ0v) is 9.11. The van der Waals surface area contributed by atoms with E-state index in [2.05, 4.69) is 0 Å². The Kier molecular flexibility index (Phi) is 4.12. The second-order valence-corrected chi connectivity index (χ2v) is 4.12. The molecule has 1 unspecified atom stereocenters. The van der Waals surface area contributed by atoms with Crippen LogP contribution in [-0.2, 0) is 0 Å². The van der Waals surface area contributed by atoms with Gasteiger partial charge in [-0.15, -0.1) is 0 Å². The zero-order valence-electron chi connectivity index (χ0n) is 8.29. The molecule has 0 saturated heterocycles. The summed E-state index contributed by atoms with van der Waals surface area (Å²) in [5, 5.41) is 3.66. The first-order valence-electron chi connectivity index (χ1n) is 4.43. The van der Waals surface area contributed by atoms with E-state index in [1.54, 1.807) is 6.07 Å². The summed E-state index contributed by atoms with van der Waals surface area (Å²) < 4.78 is 36.5. The molecule has 1 atom stereocenters. The molecule has 0 aliphatic heterocycles. The van der Waals surface area contributed by atoms with E-state index in [9.17, 15) is 13.2 Å². The molecule has 0 aliphatic rings. The van der Waals surface area contributed by atoms with E-state index in [-0.39, 0.29) is 12.6 Å². The summed E-state index contributed by atoms with van der Waals surface area (Å²) >= 11 is 1.46. The van der Waals surface area contributed by atoms with Crippen LogP contribution in [0.1, 0.15) is 11.6 Å². The molecule has 1 heterocycles. The van der Waals surface area contributed by atoms with Crippen LogP contribution in [0.4, 0.5) is 13.2 Å². The van der Waals surface area contributed by atoms with Crippen LogP contribution in [0.5, 0.6) is 0 Å². The SMILES string of the molecule is CN(CC(F)(F)F)C(CN)c1ccsc1. The Labute approximate surface area is 90.5 Å². The van der Waals surface area contributed by atoms with E-state index in [0.717, 1.165) is 5.56 Å². The Balaban J connectivity index is 2.67. The average molecular weight is 238 g/mol. The Morgan fingerprint density at radius 1 is 1.53 bits per heavy atom. The maximum atomic E-state index is 12.2. The van der Waals surface area contributed by atoms with Crippen LogP contribution in [0.15, 0.2) is 16.8 Å². The van der Waals surface area contributed by atoms with Gasteiger partial charge < -0.3 is 5.73 Å². The van der Waals surface area contributed by atoms with Crippen molar-refractivity contribution in [1.29, 1.82) is 0 Å². The molecule has 0 bridgehead atoms. The molecule has 0 fully saturated rings. The highest BCUT2D eigenvalue weighted by atomic mass is 32.1. The lowest BCUT2D eigenvalue weighted by Gasteiger charge is -2.27. The van der Waals surface area contributed by atoms with Gasteiger partial charge >= 0.3 is 6.18 Å². The average Bonchev–Trinajstić information content (AvgIpc) is 2.54. The van der Waals surface area contributed by atoms with Gasteiger partial charge in [0.05, 0.1) is 6.54 Å². The van der Waals surface area contributed by atoms with Gasteiger partial charge in [0.25, 0.3) is 0 Å². The predicted molar refractivity (Wildman–Crippen MR) is 54.8 cm³/mol. The third-order valence-corrected chi connectivity index (χ3v) is 2.81. The van der Waals surface area contributed by atoms with Crippen molar-refractivity contribution in [3.8, 4) is 0 Å². The van der Waals surface area contributed by atoms with Gasteiger partial charge in [-0.05, 0) is 29.4 Å². The van der Waals surface area contributed by atoms with E-state index < -0.39 is 12.7 Å². The van der Waals surface area contributed by atoms with Gasteiger partial charge in [-0.2, -0.15) is 24.5 Å². The monoisotopic (exact) mass is 238 g/mol. The number of halogens is 3. The quantitative estimate of drug-likeness (QED) is 0.871. The highest BCUT2D eigenvalue weighted by Crippen LogP contribution is 2.24. The standard InChI is InChI=1S/C9H13F3N2S/c1-14(6-9(10,11)12)8(4-13)7-2-3-15-5-7/h2-3,5,8H,4,6,13H2,1H3. The molecule has 1 aromatic heterocycles. The Hall–Kier alpha value is -0.590. The lowest BCUT2D eigenvalue weighted by Crippen LogP contribution is -2.37. The van der Waals surface area contributed by atoms with Crippen molar-refractivity contribution in [3.63, 3.8) is 0 Å². The van der Waals surface area contributed by atoms with Crippen molar-refractivity contribution in [2.24, 2.45) is 5.73 Å². The highest BCUT2D eigenvalue weighted by Gasteiger charge is 2.32. The van der Waals surface area contributed by atoms with Crippen LogP contribution in [-0.4, -0.2) is 31.2 Å². The molecule has 86 valence electrons. The smallest absolute Gasteiger partial charge is 0.329 e. The van der Waals surface area contributed by atoms with E-state index in [1.807, 2.05) is 10.8 Å². The molecule has 0 radical (unpaired) electrons. The van der Waals surface area contributed by atoms with Gasteiger partial charge in [-0.3, -0.25) is 4.90 Å². The van der Waals surface area contributed by atoms with E-state index >= 15 is 0 Å². The van der Waals surface area contributed by atoms with E-state index in [0.29, 0.717) is 0 Å². The number of nitrogens with two attached hydrogens (primary N) is 1. The number of hydrogen-bond donors (Lipinski definition) is 1. The van der Waals surface area contributed by atoms with E-state index in [1.165, 1.54) is 23.3 Å². The topological polar surface area (TPSA) is 29.3 Å². The number of thiophene rings is 1. The normalized spacial score (nSPS) is 14.5. The fourth-order valence-corrected chi connectivity index (χ4v) is 2.14. The maximum Gasteiger partial charge on any atom is 0.401 e. The van der Waals surface area contributed by atoms with Crippen molar-refractivity contribution >= 4 is 11.3 Å². The first-order chi connectivity index (χ1) is 6.94. The second kappa shape index (κ2) is 4.96. The molecule has 0 aromatic carbocycles. The number of nitrogens with zero attached hydrogens (tertiary/aromatic N) is 1. The minimum absolute atomic E-state index is 0.184. The van der Waals surface area contributed by atoms with Crippen molar-refractivity contribution < 1.29 is 13.2 Å². The molecule has 0 saturated carbocycles. The third kappa shape index (κ3) is 3.81. The summed E-state index contributed by atoms with van der Waals surface area (Å²) in [6.07, 6.45) is -4.18. The van der Waals surface area contributed by atoms with Gasteiger partial charge in [0.15, 0.2) is 0 Å². The van der Waals surface area contributed by atoms with Crippen LogP contribution in [0.25, 0.3) is 0 Å². The summed E-state index contributed by atoms with van der Waals surface area (Å²) in [4.78, 5) is 1.22. The molecule has 2 N–H and O–H groups in total. The lowest BCUT2D eigenvalue weighted by atomic mass is 10.1. The van der Waals surface area contributed by atoms with Crippen LogP contribution >= 0.6 is 11.3 Å².